The van der Waals surface area contributed by atoms with Gasteiger partial charge in [0.25, 0.3) is 0 Å². The molecule has 0 aliphatic carbocycles. The highest BCUT2D eigenvalue weighted by Crippen LogP contribution is 2.26. The van der Waals surface area contributed by atoms with Crippen molar-refractivity contribution in [2.24, 2.45) is 0 Å². The fourth-order valence-electron chi connectivity index (χ4n) is 2.63. The van der Waals surface area contributed by atoms with Crippen LogP contribution in [-0.2, 0) is 9.47 Å². The van der Waals surface area contributed by atoms with Gasteiger partial charge in [-0.15, -0.1) is 0 Å². The molecule has 3 rings (SSSR count). The van der Waals surface area contributed by atoms with Crippen LogP contribution in [0.5, 0.6) is 0 Å². The molecule has 128 valence electrons. The molecule has 0 N–H and O–H groups in total. The van der Waals surface area contributed by atoms with Gasteiger partial charge in [-0.1, -0.05) is 6.07 Å². The Kier molecular flexibility index (Phi) is 3.95. The lowest BCUT2D eigenvalue weighted by molar-refractivity contribution is -0.000300. The Morgan fingerprint density at radius 1 is 1.25 bits per heavy atom. The summed E-state index contributed by atoms with van der Waals surface area (Å²) >= 11 is 0. The highest BCUT2D eigenvalue weighted by molar-refractivity contribution is 6.03. The van der Waals surface area contributed by atoms with E-state index in [2.05, 4.69) is 5.10 Å². The Morgan fingerprint density at radius 2 is 1.96 bits per heavy atom. The highest BCUT2D eigenvalue weighted by atomic mass is 16.6. The Morgan fingerprint density at radius 3 is 2.58 bits per heavy atom. The van der Waals surface area contributed by atoms with Crippen LogP contribution >= 0.6 is 0 Å². The van der Waals surface area contributed by atoms with Crippen LogP contribution < -0.4 is 0 Å². The van der Waals surface area contributed by atoms with Crippen LogP contribution in [0.4, 0.5) is 4.79 Å². The maximum absolute atomic E-state index is 12.0. The van der Waals surface area contributed by atoms with Gasteiger partial charge in [0, 0.05) is 24.7 Å². The number of hydrogen-bond acceptors (Lipinski definition) is 5. The number of rotatable bonds is 2. The van der Waals surface area contributed by atoms with Crippen LogP contribution in [0, 0.1) is 0 Å². The first-order valence-electron chi connectivity index (χ1n) is 7.82. The predicted octanol–water partition coefficient (Wildman–Crippen LogP) is 2.61. The predicted molar refractivity (Wildman–Crippen MR) is 87.9 cm³/mol. The minimum Gasteiger partial charge on any atom is -0.465 e. The van der Waals surface area contributed by atoms with E-state index >= 15 is 0 Å². The van der Waals surface area contributed by atoms with E-state index < -0.39 is 5.60 Å². The van der Waals surface area contributed by atoms with Crippen molar-refractivity contribution in [2.75, 3.05) is 20.2 Å². The molecule has 1 saturated heterocycles. The molecule has 0 radical (unpaired) electrons. The number of amides is 1. The van der Waals surface area contributed by atoms with E-state index in [0.717, 1.165) is 10.9 Å². The molecule has 2 aromatic rings. The van der Waals surface area contributed by atoms with Crippen molar-refractivity contribution < 1.29 is 19.1 Å². The first-order chi connectivity index (χ1) is 11.3. The van der Waals surface area contributed by atoms with Crippen molar-refractivity contribution in [3.05, 3.63) is 30.0 Å². The van der Waals surface area contributed by atoms with E-state index in [9.17, 15) is 9.59 Å². The molecule has 24 heavy (non-hydrogen) atoms. The van der Waals surface area contributed by atoms with Crippen LogP contribution in [0.25, 0.3) is 10.9 Å². The summed E-state index contributed by atoms with van der Waals surface area (Å²) in [5.41, 5.74) is 0.719. The van der Waals surface area contributed by atoms with Crippen LogP contribution in [0.15, 0.2) is 24.4 Å². The summed E-state index contributed by atoms with van der Waals surface area (Å²) in [6, 6.07) is 5.42. The number of carbonyl (C=O) groups is 2. The Balaban J connectivity index is 1.74. The topological polar surface area (TPSA) is 73.7 Å². The molecule has 1 aliphatic heterocycles. The van der Waals surface area contributed by atoms with Crippen molar-refractivity contribution >= 4 is 23.0 Å². The number of ether oxygens (including phenoxy) is 2. The molecule has 0 bridgehead atoms. The van der Waals surface area contributed by atoms with E-state index in [1.165, 1.54) is 7.11 Å². The van der Waals surface area contributed by atoms with Gasteiger partial charge in [-0.25, -0.2) is 9.59 Å². The summed E-state index contributed by atoms with van der Waals surface area (Å²) in [6.45, 7) is 6.61. The molecule has 7 heteroatoms. The zero-order valence-corrected chi connectivity index (χ0v) is 14.3. The Bertz CT molecular complexity index is 785. The number of hydrogen-bond donors (Lipinski definition) is 0. The quantitative estimate of drug-likeness (QED) is 0.791. The third kappa shape index (κ3) is 3.06. The summed E-state index contributed by atoms with van der Waals surface area (Å²) in [4.78, 5) is 25.5. The first kappa shape index (κ1) is 16.3. The summed E-state index contributed by atoms with van der Waals surface area (Å²) in [5.74, 6) is -0.385. The van der Waals surface area contributed by atoms with E-state index in [-0.39, 0.29) is 18.1 Å². The van der Waals surface area contributed by atoms with Gasteiger partial charge in [-0.2, -0.15) is 5.10 Å². The number of aromatic nitrogens is 2. The van der Waals surface area contributed by atoms with E-state index in [1.807, 2.05) is 33.0 Å². The first-order valence-corrected chi connectivity index (χ1v) is 7.82. The largest absolute Gasteiger partial charge is 0.465 e. The number of fused-ring (bicyclic) bond motifs is 1. The number of methoxy groups -OCH3 is 1. The van der Waals surface area contributed by atoms with Gasteiger partial charge in [-0.3, -0.25) is 4.68 Å². The molecule has 1 aliphatic rings. The maximum Gasteiger partial charge on any atom is 0.410 e. The second-order valence-electron chi connectivity index (χ2n) is 6.88. The van der Waals surface area contributed by atoms with Gasteiger partial charge in [-0.05, 0) is 32.9 Å². The molecule has 2 heterocycles. The molecular weight excluding hydrogens is 310 g/mol. The third-order valence-corrected chi connectivity index (χ3v) is 3.86. The zero-order valence-electron chi connectivity index (χ0n) is 14.3. The summed E-state index contributed by atoms with van der Waals surface area (Å²) in [5, 5.41) is 5.26. The molecular formula is C17H21N3O4. The normalized spacial score (nSPS) is 15.2. The fourth-order valence-corrected chi connectivity index (χ4v) is 2.63. The molecule has 1 amide bonds. The van der Waals surface area contributed by atoms with Gasteiger partial charge < -0.3 is 14.4 Å². The molecule has 1 fully saturated rings. The number of likely N-dealkylation sites (tertiary alicyclic amines) is 1. The van der Waals surface area contributed by atoms with Crippen molar-refractivity contribution in [1.29, 1.82) is 0 Å². The Hall–Kier alpha value is -2.57. The second-order valence-corrected chi connectivity index (χ2v) is 6.88. The van der Waals surface area contributed by atoms with E-state index in [4.69, 9.17) is 9.47 Å². The van der Waals surface area contributed by atoms with Crippen molar-refractivity contribution in [1.82, 2.24) is 14.7 Å². The van der Waals surface area contributed by atoms with Gasteiger partial charge >= 0.3 is 12.1 Å². The molecule has 7 nitrogen and oxygen atoms in total. The average Bonchev–Trinajstić information content (AvgIpc) is 2.85. The molecule has 0 saturated carbocycles. The lowest BCUT2D eigenvalue weighted by Crippen LogP contribution is -2.52. The lowest BCUT2D eigenvalue weighted by Gasteiger charge is -2.39. The fraction of sp³-hybridized carbons (Fsp3) is 0.471. The van der Waals surface area contributed by atoms with Crippen LogP contribution in [0.2, 0.25) is 0 Å². The zero-order chi connectivity index (χ0) is 17.5. The number of carbonyl (C=O) groups excluding carboxylic acids is 2. The SMILES string of the molecule is COC(=O)c1cccc2nn(C3CN(C(=O)OC(C)(C)C)C3)cc12. The summed E-state index contributed by atoms with van der Waals surface area (Å²) in [7, 11) is 1.36. The average molecular weight is 331 g/mol. The minimum atomic E-state index is -0.502. The van der Waals surface area contributed by atoms with Gasteiger partial charge in [0.05, 0.1) is 24.2 Å². The monoisotopic (exact) mass is 331 g/mol. The molecule has 1 aromatic heterocycles. The number of nitrogens with zero attached hydrogens (tertiary/aromatic N) is 3. The van der Waals surface area contributed by atoms with Crippen molar-refractivity contribution in [2.45, 2.75) is 32.4 Å². The maximum atomic E-state index is 12.0. The third-order valence-electron chi connectivity index (χ3n) is 3.86. The standard InChI is InChI=1S/C17H21N3O4/c1-17(2,3)24-16(22)19-8-11(9-19)20-10-13-12(15(21)23-4)6-5-7-14(13)18-20/h5-7,10-11H,8-9H2,1-4H3. The van der Waals surface area contributed by atoms with Crippen molar-refractivity contribution in [3.8, 4) is 0 Å². The highest BCUT2D eigenvalue weighted by Gasteiger charge is 2.35. The van der Waals surface area contributed by atoms with Gasteiger partial charge in [0.15, 0.2) is 0 Å². The molecule has 0 atom stereocenters. The number of benzene rings is 1. The Labute approximate surface area is 140 Å². The van der Waals surface area contributed by atoms with E-state index in [0.29, 0.717) is 18.7 Å². The molecule has 0 spiro atoms. The molecule has 1 aromatic carbocycles. The van der Waals surface area contributed by atoms with Crippen LogP contribution in [-0.4, -0.2) is 52.5 Å². The lowest BCUT2D eigenvalue weighted by atomic mass is 10.1. The number of esters is 1. The smallest absolute Gasteiger partial charge is 0.410 e. The summed E-state index contributed by atoms with van der Waals surface area (Å²) in [6.07, 6.45) is 1.52. The summed E-state index contributed by atoms with van der Waals surface area (Å²) < 4.78 is 12.0. The second kappa shape index (κ2) is 5.81. The minimum absolute atomic E-state index is 0.0791. The van der Waals surface area contributed by atoms with E-state index in [1.54, 1.807) is 21.7 Å². The van der Waals surface area contributed by atoms with Gasteiger partial charge in [0.1, 0.15) is 5.60 Å². The molecule has 0 unspecified atom stereocenters. The van der Waals surface area contributed by atoms with Crippen LogP contribution in [0.1, 0.15) is 37.2 Å². The van der Waals surface area contributed by atoms with Gasteiger partial charge in [0.2, 0.25) is 0 Å². The van der Waals surface area contributed by atoms with Crippen LogP contribution in [0.3, 0.4) is 0 Å². The van der Waals surface area contributed by atoms with Crippen molar-refractivity contribution in [3.63, 3.8) is 0 Å².